The van der Waals surface area contributed by atoms with Crippen LogP contribution in [0.2, 0.25) is 0 Å². The van der Waals surface area contributed by atoms with Gasteiger partial charge in [-0.1, -0.05) is 0 Å². The number of hydrogen-bond donors (Lipinski definition) is 1. The van der Waals surface area contributed by atoms with E-state index in [-0.39, 0.29) is 11.3 Å². The van der Waals surface area contributed by atoms with E-state index in [4.69, 9.17) is 0 Å². The number of fused-ring (bicyclic) bond motifs is 3. The number of nitrogens with zero attached hydrogens (tertiary/aromatic N) is 1. The molecule has 0 saturated carbocycles. The summed E-state index contributed by atoms with van der Waals surface area (Å²) in [7, 11) is 1.75. The minimum absolute atomic E-state index is 0.00347. The lowest BCUT2D eigenvalue weighted by Crippen LogP contribution is -2.54. The molecular formula is C9H16N2O. The van der Waals surface area contributed by atoms with Gasteiger partial charge in [-0.15, -0.1) is 0 Å². The predicted octanol–water partition coefficient (Wildman–Crippen LogP) is 0.218. The van der Waals surface area contributed by atoms with Crippen molar-refractivity contribution in [2.75, 3.05) is 26.7 Å². The molecule has 0 aromatic heterocycles. The lowest BCUT2D eigenvalue weighted by molar-refractivity contribution is -0.137. The normalized spacial score (nSPS) is 39.6. The fourth-order valence-electron chi connectivity index (χ4n) is 2.43. The second-order valence-electron chi connectivity index (χ2n) is 3.95. The number of carbonyl (C=O) groups is 1. The maximum absolute atomic E-state index is 11.6. The van der Waals surface area contributed by atoms with Crippen molar-refractivity contribution in [3.8, 4) is 0 Å². The molecule has 3 rings (SSSR count). The summed E-state index contributed by atoms with van der Waals surface area (Å²) in [6.07, 6.45) is 3.19. The average molecular weight is 168 g/mol. The highest BCUT2D eigenvalue weighted by molar-refractivity contribution is 5.82. The summed E-state index contributed by atoms with van der Waals surface area (Å²) < 4.78 is 0. The highest BCUT2D eigenvalue weighted by Crippen LogP contribution is 2.39. The van der Waals surface area contributed by atoms with E-state index in [0.717, 1.165) is 38.9 Å². The van der Waals surface area contributed by atoms with Gasteiger partial charge < -0.3 is 10.2 Å². The van der Waals surface area contributed by atoms with Crippen molar-refractivity contribution in [2.24, 2.45) is 5.41 Å². The van der Waals surface area contributed by atoms with Crippen LogP contribution in [0.1, 0.15) is 19.3 Å². The minimum Gasteiger partial charge on any atom is -0.359 e. The van der Waals surface area contributed by atoms with Gasteiger partial charge in [-0.25, -0.2) is 0 Å². The molecule has 0 aliphatic carbocycles. The van der Waals surface area contributed by atoms with Gasteiger partial charge in [-0.05, 0) is 38.9 Å². The van der Waals surface area contributed by atoms with Crippen LogP contribution in [0.4, 0.5) is 0 Å². The van der Waals surface area contributed by atoms with Crippen molar-refractivity contribution in [3.63, 3.8) is 0 Å². The van der Waals surface area contributed by atoms with Crippen LogP contribution in [0.25, 0.3) is 0 Å². The molecule has 0 radical (unpaired) electrons. The van der Waals surface area contributed by atoms with E-state index in [1.807, 2.05) is 0 Å². The van der Waals surface area contributed by atoms with E-state index in [2.05, 4.69) is 10.2 Å². The molecule has 3 nitrogen and oxygen atoms in total. The summed E-state index contributed by atoms with van der Waals surface area (Å²) in [4.78, 5) is 14.1. The molecule has 3 aliphatic rings. The molecule has 0 spiro atoms. The van der Waals surface area contributed by atoms with E-state index in [1.165, 1.54) is 0 Å². The second-order valence-corrected chi connectivity index (χ2v) is 3.95. The molecule has 3 heteroatoms. The first-order valence-electron chi connectivity index (χ1n) is 4.71. The van der Waals surface area contributed by atoms with Crippen molar-refractivity contribution in [2.45, 2.75) is 19.3 Å². The Bertz CT molecular complexity index is 181. The zero-order valence-electron chi connectivity index (χ0n) is 7.60. The molecule has 1 N–H and O–H groups in total. The van der Waals surface area contributed by atoms with Crippen molar-refractivity contribution < 1.29 is 4.79 Å². The summed E-state index contributed by atoms with van der Waals surface area (Å²) in [6.45, 7) is 3.36. The monoisotopic (exact) mass is 168 g/mol. The summed E-state index contributed by atoms with van der Waals surface area (Å²) in [5, 5.41) is 2.79. The van der Waals surface area contributed by atoms with E-state index < -0.39 is 0 Å². The predicted molar refractivity (Wildman–Crippen MR) is 46.8 cm³/mol. The van der Waals surface area contributed by atoms with Crippen LogP contribution in [0.15, 0.2) is 0 Å². The van der Waals surface area contributed by atoms with Crippen LogP contribution < -0.4 is 5.32 Å². The zero-order chi connectivity index (χ0) is 8.60. The molecule has 3 saturated heterocycles. The van der Waals surface area contributed by atoms with Crippen LogP contribution in [-0.2, 0) is 4.79 Å². The number of piperidine rings is 3. The first-order chi connectivity index (χ1) is 5.77. The third-order valence-electron chi connectivity index (χ3n) is 3.43. The standard InChI is InChI=1S/C9H16N2O/c1-10-8(12)9-2-5-11(6-3-9)7-4-9/h2-7H2,1H3,(H,10,12). The summed E-state index contributed by atoms with van der Waals surface area (Å²) in [5.41, 5.74) is 0.00347. The maximum atomic E-state index is 11.6. The smallest absolute Gasteiger partial charge is 0.226 e. The van der Waals surface area contributed by atoms with Crippen molar-refractivity contribution in [3.05, 3.63) is 0 Å². The molecule has 3 fully saturated rings. The first-order valence-corrected chi connectivity index (χ1v) is 4.71. The fourth-order valence-corrected chi connectivity index (χ4v) is 2.43. The molecule has 3 heterocycles. The Balaban J connectivity index is 2.13. The maximum Gasteiger partial charge on any atom is 0.226 e. The van der Waals surface area contributed by atoms with Gasteiger partial charge in [0.2, 0.25) is 5.91 Å². The fraction of sp³-hybridized carbons (Fsp3) is 0.889. The number of hydrogen-bond acceptors (Lipinski definition) is 2. The van der Waals surface area contributed by atoms with Crippen LogP contribution in [0.3, 0.4) is 0 Å². The van der Waals surface area contributed by atoms with Gasteiger partial charge in [0.05, 0.1) is 5.41 Å². The first kappa shape index (κ1) is 8.05. The summed E-state index contributed by atoms with van der Waals surface area (Å²) in [5.74, 6) is 0.266. The highest BCUT2D eigenvalue weighted by Gasteiger charge is 2.44. The van der Waals surface area contributed by atoms with Crippen molar-refractivity contribution in [1.29, 1.82) is 0 Å². The van der Waals surface area contributed by atoms with Crippen LogP contribution in [0.5, 0.6) is 0 Å². The van der Waals surface area contributed by atoms with E-state index in [0.29, 0.717) is 0 Å². The average Bonchev–Trinajstić information content (AvgIpc) is 2.19. The van der Waals surface area contributed by atoms with Gasteiger partial charge in [0.15, 0.2) is 0 Å². The summed E-state index contributed by atoms with van der Waals surface area (Å²) in [6, 6.07) is 0. The Labute approximate surface area is 73.1 Å². The van der Waals surface area contributed by atoms with Crippen LogP contribution >= 0.6 is 0 Å². The highest BCUT2D eigenvalue weighted by atomic mass is 16.2. The quantitative estimate of drug-likeness (QED) is 0.607. The second kappa shape index (κ2) is 2.73. The molecular weight excluding hydrogens is 152 g/mol. The van der Waals surface area contributed by atoms with Gasteiger partial charge in [0.1, 0.15) is 0 Å². The number of carbonyl (C=O) groups excluding carboxylic acids is 1. The van der Waals surface area contributed by atoms with Gasteiger partial charge in [0.25, 0.3) is 0 Å². The van der Waals surface area contributed by atoms with Crippen molar-refractivity contribution >= 4 is 5.91 Å². The van der Waals surface area contributed by atoms with Gasteiger partial charge in [0, 0.05) is 7.05 Å². The molecule has 68 valence electrons. The molecule has 3 aliphatic heterocycles. The molecule has 0 aromatic carbocycles. The third kappa shape index (κ3) is 1.04. The number of nitrogens with one attached hydrogen (secondary N) is 1. The van der Waals surface area contributed by atoms with Gasteiger partial charge in [-0.2, -0.15) is 0 Å². The Hall–Kier alpha value is -0.570. The molecule has 12 heavy (non-hydrogen) atoms. The Morgan fingerprint density at radius 1 is 1.25 bits per heavy atom. The minimum atomic E-state index is 0.00347. The number of amides is 1. The lowest BCUT2D eigenvalue weighted by atomic mass is 9.71. The van der Waals surface area contributed by atoms with Gasteiger partial charge in [-0.3, -0.25) is 4.79 Å². The molecule has 0 atom stereocenters. The van der Waals surface area contributed by atoms with Crippen LogP contribution in [-0.4, -0.2) is 37.5 Å². The zero-order valence-corrected chi connectivity index (χ0v) is 7.60. The Kier molecular flexibility index (Phi) is 1.83. The van der Waals surface area contributed by atoms with E-state index in [1.54, 1.807) is 7.05 Å². The van der Waals surface area contributed by atoms with Crippen LogP contribution in [0, 0.1) is 5.41 Å². The SMILES string of the molecule is CNC(=O)C12CCN(CC1)CC2. The van der Waals surface area contributed by atoms with Gasteiger partial charge >= 0.3 is 0 Å². The molecule has 1 amide bonds. The topological polar surface area (TPSA) is 32.3 Å². The lowest BCUT2D eigenvalue weighted by Gasteiger charge is -2.46. The molecule has 0 unspecified atom stereocenters. The van der Waals surface area contributed by atoms with E-state index >= 15 is 0 Å². The number of rotatable bonds is 1. The molecule has 2 bridgehead atoms. The largest absolute Gasteiger partial charge is 0.359 e. The Morgan fingerprint density at radius 2 is 1.75 bits per heavy atom. The van der Waals surface area contributed by atoms with Crippen molar-refractivity contribution in [1.82, 2.24) is 10.2 Å². The van der Waals surface area contributed by atoms with E-state index in [9.17, 15) is 4.79 Å². The summed E-state index contributed by atoms with van der Waals surface area (Å²) >= 11 is 0. The Morgan fingerprint density at radius 3 is 2.17 bits per heavy atom. The third-order valence-corrected chi connectivity index (χ3v) is 3.43. The molecule has 0 aromatic rings.